The first-order valence-electron chi connectivity index (χ1n) is 9.45. The molecule has 0 radical (unpaired) electrons. The Bertz CT molecular complexity index is 1200. The van der Waals surface area contributed by atoms with Gasteiger partial charge < -0.3 is 10.1 Å². The van der Waals surface area contributed by atoms with E-state index in [-0.39, 0.29) is 11.3 Å². The van der Waals surface area contributed by atoms with Crippen LogP contribution in [0.3, 0.4) is 0 Å². The Labute approximate surface area is 189 Å². The van der Waals surface area contributed by atoms with Gasteiger partial charge in [0.25, 0.3) is 11.8 Å². The van der Waals surface area contributed by atoms with E-state index in [0.29, 0.717) is 32.7 Å². The normalized spacial score (nSPS) is 13.7. The molecule has 0 aliphatic carbocycles. The first kappa shape index (κ1) is 21.0. The van der Waals surface area contributed by atoms with E-state index < -0.39 is 11.8 Å². The van der Waals surface area contributed by atoms with Gasteiger partial charge in [0.1, 0.15) is 11.4 Å². The van der Waals surface area contributed by atoms with Crippen LogP contribution >= 0.6 is 23.2 Å². The van der Waals surface area contributed by atoms with Crippen LogP contribution in [0.1, 0.15) is 11.1 Å². The lowest BCUT2D eigenvalue weighted by Gasteiger charge is -2.17. The number of ether oxygens (including phenoxy) is 1. The van der Waals surface area contributed by atoms with Gasteiger partial charge in [0.15, 0.2) is 0 Å². The van der Waals surface area contributed by atoms with Crippen LogP contribution < -0.4 is 15.0 Å². The Hall–Kier alpha value is -3.28. The van der Waals surface area contributed by atoms with Gasteiger partial charge >= 0.3 is 0 Å². The first-order chi connectivity index (χ1) is 14.9. The fraction of sp³-hybridized carbons (Fsp3) is 0.0833. The number of rotatable bonds is 5. The molecule has 4 rings (SSSR count). The molecule has 1 N–H and O–H groups in total. The van der Waals surface area contributed by atoms with Gasteiger partial charge in [0, 0.05) is 10.0 Å². The highest BCUT2D eigenvalue weighted by Crippen LogP contribution is 2.37. The van der Waals surface area contributed by atoms with Crippen molar-refractivity contribution >= 4 is 52.0 Å². The van der Waals surface area contributed by atoms with Crippen molar-refractivity contribution in [3.05, 3.63) is 93.6 Å². The zero-order valence-electron chi connectivity index (χ0n) is 16.8. The molecular weight excluding hydrogens is 435 g/mol. The number of hydrogen-bond donors (Lipinski definition) is 1. The van der Waals surface area contributed by atoms with E-state index in [4.69, 9.17) is 27.9 Å². The third kappa shape index (κ3) is 4.02. The van der Waals surface area contributed by atoms with Crippen molar-refractivity contribution in [3.63, 3.8) is 0 Å². The molecule has 0 bridgehead atoms. The minimum atomic E-state index is -0.509. The molecule has 0 spiro atoms. The number of hydrogen-bond acceptors (Lipinski definition) is 4. The van der Waals surface area contributed by atoms with Gasteiger partial charge in [0.05, 0.1) is 24.1 Å². The second kappa shape index (κ2) is 8.46. The third-order valence-electron chi connectivity index (χ3n) is 4.87. The summed E-state index contributed by atoms with van der Waals surface area (Å²) in [5.74, 6) is -0.426. The summed E-state index contributed by atoms with van der Waals surface area (Å²) in [5, 5.41) is 3.79. The average Bonchev–Trinajstić information content (AvgIpc) is 2.97. The summed E-state index contributed by atoms with van der Waals surface area (Å²) in [5.41, 5.74) is 2.87. The van der Waals surface area contributed by atoms with E-state index in [1.807, 2.05) is 37.3 Å². The molecule has 5 nitrogen and oxygen atoms in total. The summed E-state index contributed by atoms with van der Waals surface area (Å²) < 4.78 is 5.43. The van der Waals surface area contributed by atoms with Gasteiger partial charge in [-0.25, -0.2) is 4.90 Å². The largest absolute Gasteiger partial charge is 0.495 e. The lowest BCUT2D eigenvalue weighted by atomic mass is 10.0. The summed E-state index contributed by atoms with van der Waals surface area (Å²) >= 11 is 12.2. The lowest BCUT2D eigenvalue weighted by molar-refractivity contribution is -0.120. The quantitative estimate of drug-likeness (QED) is 0.503. The number of nitrogens with zero attached hydrogens (tertiary/aromatic N) is 1. The van der Waals surface area contributed by atoms with E-state index in [1.165, 1.54) is 12.1 Å². The van der Waals surface area contributed by atoms with Crippen LogP contribution in [0, 0.1) is 6.92 Å². The molecule has 0 atom stereocenters. The second-order valence-electron chi connectivity index (χ2n) is 7.02. The lowest BCUT2D eigenvalue weighted by Crippen LogP contribution is -2.32. The van der Waals surface area contributed by atoms with E-state index >= 15 is 0 Å². The highest BCUT2D eigenvalue weighted by molar-refractivity contribution is 6.46. The molecule has 0 saturated heterocycles. The SMILES string of the molecule is COc1ccc(C)cc1NC1=C(c2ccccc2)C(=O)N(c2cc(Cl)cc(Cl)c2)C1=O. The highest BCUT2D eigenvalue weighted by atomic mass is 35.5. The number of anilines is 2. The Morgan fingerprint density at radius 3 is 2.19 bits per heavy atom. The molecular formula is C24H18Cl2N2O3. The topological polar surface area (TPSA) is 58.6 Å². The van der Waals surface area contributed by atoms with E-state index in [0.717, 1.165) is 10.5 Å². The Morgan fingerprint density at radius 1 is 0.871 bits per heavy atom. The minimum absolute atomic E-state index is 0.149. The number of imide groups is 1. The molecule has 3 aromatic carbocycles. The third-order valence-corrected chi connectivity index (χ3v) is 5.30. The number of methoxy groups -OCH3 is 1. The fourth-order valence-electron chi connectivity index (χ4n) is 3.48. The molecule has 0 aromatic heterocycles. The Balaban J connectivity index is 1.86. The van der Waals surface area contributed by atoms with E-state index in [2.05, 4.69) is 5.32 Å². The number of benzene rings is 3. The fourth-order valence-corrected chi connectivity index (χ4v) is 3.99. The average molecular weight is 453 g/mol. The summed E-state index contributed by atoms with van der Waals surface area (Å²) in [4.78, 5) is 28.0. The summed E-state index contributed by atoms with van der Waals surface area (Å²) in [6, 6.07) is 19.2. The molecule has 3 aromatic rings. The predicted octanol–water partition coefficient (Wildman–Crippen LogP) is 5.71. The van der Waals surface area contributed by atoms with Crippen molar-refractivity contribution in [1.29, 1.82) is 0 Å². The molecule has 1 aliphatic heterocycles. The molecule has 31 heavy (non-hydrogen) atoms. The summed E-state index contributed by atoms with van der Waals surface area (Å²) in [6.45, 7) is 1.93. The zero-order chi connectivity index (χ0) is 22.1. The maximum Gasteiger partial charge on any atom is 0.282 e. The number of carbonyl (C=O) groups is 2. The standard InChI is InChI=1S/C24H18Cl2N2O3/c1-14-8-9-20(31-2)19(10-14)27-22-21(15-6-4-3-5-7-15)23(29)28(24(22)30)18-12-16(25)11-17(26)13-18/h3-13,27H,1-2H3. The van der Waals surface area contributed by atoms with Gasteiger partial charge in [-0.3, -0.25) is 9.59 Å². The molecule has 0 saturated carbocycles. The molecule has 156 valence electrons. The van der Waals surface area contributed by atoms with Crippen LogP contribution in [0.25, 0.3) is 5.57 Å². The van der Waals surface area contributed by atoms with Crippen molar-refractivity contribution in [2.45, 2.75) is 6.92 Å². The van der Waals surface area contributed by atoms with Crippen LogP contribution in [-0.4, -0.2) is 18.9 Å². The van der Waals surface area contributed by atoms with Crippen molar-refractivity contribution in [3.8, 4) is 5.75 Å². The predicted molar refractivity (Wildman–Crippen MR) is 124 cm³/mol. The highest BCUT2D eigenvalue weighted by Gasteiger charge is 2.40. The number of amides is 2. The number of nitrogens with one attached hydrogen (secondary N) is 1. The van der Waals surface area contributed by atoms with Crippen LogP contribution in [0.4, 0.5) is 11.4 Å². The van der Waals surface area contributed by atoms with Crippen LogP contribution in [-0.2, 0) is 9.59 Å². The molecule has 1 aliphatic rings. The van der Waals surface area contributed by atoms with Crippen molar-refractivity contribution in [2.24, 2.45) is 0 Å². The summed E-state index contributed by atoms with van der Waals surface area (Å²) in [6.07, 6.45) is 0. The van der Waals surface area contributed by atoms with E-state index in [9.17, 15) is 9.59 Å². The molecule has 0 unspecified atom stereocenters. The summed E-state index contributed by atoms with van der Waals surface area (Å²) in [7, 11) is 1.55. The molecule has 2 amide bonds. The molecule has 1 heterocycles. The van der Waals surface area contributed by atoms with Crippen LogP contribution in [0.5, 0.6) is 5.75 Å². The number of halogens is 2. The molecule has 0 fully saturated rings. The monoisotopic (exact) mass is 452 g/mol. The maximum atomic E-state index is 13.5. The van der Waals surface area contributed by atoms with Gasteiger partial charge in [0.2, 0.25) is 0 Å². The smallest absolute Gasteiger partial charge is 0.282 e. The second-order valence-corrected chi connectivity index (χ2v) is 7.89. The minimum Gasteiger partial charge on any atom is -0.495 e. The van der Waals surface area contributed by atoms with Crippen LogP contribution in [0.15, 0.2) is 72.4 Å². The van der Waals surface area contributed by atoms with Crippen molar-refractivity contribution < 1.29 is 14.3 Å². The molecule has 7 heteroatoms. The van der Waals surface area contributed by atoms with Crippen molar-refractivity contribution in [2.75, 3.05) is 17.3 Å². The Kier molecular flexibility index (Phi) is 5.72. The Morgan fingerprint density at radius 2 is 1.55 bits per heavy atom. The maximum absolute atomic E-state index is 13.5. The van der Waals surface area contributed by atoms with Crippen molar-refractivity contribution in [1.82, 2.24) is 0 Å². The van der Waals surface area contributed by atoms with Gasteiger partial charge in [-0.05, 0) is 48.4 Å². The van der Waals surface area contributed by atoms with Gasteiger partial charge in [-0.15, -0.1) is 0 Å². The zero-order valence-corrected chi connectivity index (χ0v) is 18.3. The van der Waals surface area contributed by atoms with E-state index in [1.54, 1.807) is 31.4 Å². The number of carbonyl (C=O) groups excluding carboxylic acids is 2. The van der Waals surface area contributed by atoms with Crippen LogP contribution in [0.2, 0.25) is 10.0 Å². The first-order valence-corrected chi connectivity index (χ1v) is 10.2. The van der Waals surface area contributed by atoms with Gasteiger partial charge in [-0.1, -0.05) is 59.6 Å². The number of aryl methyl sites for hydroxylation is 1. The van der Waals surface area contributed by atoms with Gasteiger partial charge in [-0.2, -0.15) is 0 Å².